The van der Waals surface area contributed by atoms with Crippen molar-refractivity contribution in [1.29, 1.82) is 5.26 Å². The Balaban J connectivity index is 1.71. The van der Waals surface area contributed by atoms with Crippen molar-refractivity contribution in [1.82, 2.24) is 0 Å². The van der Waals surface area contributed by atoms with Crippen LogP contribution in [0.15, 0.2) is 30.3 Å². The van der Waals surface area contributed by atoms with Crippen molar-refractivity contribution < 1.29 is 9.47 Å². The van der Waals surface area contributed by atoms with Crippen LogP contribution in [0.4, 0.5) is 0 Å². The zero-order valence-corrected chi connectivity index (χ0v) is 9.89. The predicted octanol–water partition coefficient (Wildman–Crippen LogP) is 3.01. The van der Waals surface area contributed by atoms with Gasteiger partial charge in [0.1, 0.15) is 6.79 Å². The molecule has 0 saturated heterocycles. The van der Waals surface area contributed by atoms with Crippen LogP contribution in [-0.4, -0.2) is 12.4 Å². The lowest BCUT2D eigenvalue weighted by molar-refractivity contribution is -0.121. The van der Waals surface area contributed by atoms with Crippen LogP contribution in [0.1, 0.15) is 31.2 Å². The van der Waals surface area contributed by atoms with Crippen LogP contribution in [-0.2, 0) is 16.1 Å². The van der Waals surface area contributed by atoms with Crippen molar-refractivity contribution in [2.45, 2.75) is 37.9 Å². The largest absolute Gasteiger partial charge is 0.351 e. The Morgan fingerprint density at radius 2 is 1.88 bits per heavy atom. The summed E-state index contributed by atoms with van der Waals surface area (Å²) in [6, 6.07) is 12.2. The maximum atomic E-state index is 9.10. The van der Waals surface area contributed by atoms with Crippen molar-refractivity contribution in [3.63, 3.8) is 0 Å². The van der Waals surface area contributed by atoms with E-state index in [0.29, 0.717) is 6.61 Å². The molecule has 1 saturated carbocycles. The van der Waals surface area contributed by atoms with E-state index in [-0.39, 0.29) is 6.79 Å². The van der Waals surface area contributed by atoms with Crippen molar-refractivity contribution in [2.24, 2.45) is 0 Å². The molecule has 17 heavy (non-hydrogen) atoms. The number of hydrogen-bond acceptors (Lipinski definition) is 3. The van der Waals surface area contributed by atoms with Gasteiger partial charge in [-0.1, -0.05) is 30.3 Å². The van der Waals surface area contributed by atoms with Gasteiger partial charge < -0.3 is 9.47 Å². The molecule has 0 aliphatic heterocycles. The van der Waals surface area contributed by atoms with Crippen LogP contribution in [0.25, 0.3) is 0 Å². The van der Waals surface area contributed by atoms with Crippen molar-refractivity contribution >= 4 is 0 Å². The van der Waals surface area contributed by atoms with Gasteiger partial charge in [-0.05, 0) is 31.2 Å². The number of ether oxygens (including phenoxy) is 2. The van der Waals surface area contributed by atoms with Crippen molar-refractivity contribution in [2.75, 3.05) is 6.79 Å². The summed E-state index contributed by atoms with van der Waals surface area (Å²) in [7, 11) is 0. The van der Waals surface area contributed by atoms with Crippen molar-refractivity contribution in [3.8, 4) is 6.07 Å². The zero-order chi connectivity index (χ0) is 12.0. The van der Waals surface area contributed by atoms with Crippen LogP contribution < -0.4 is 0 Å². The number of nitriles is 1. The lowest BCUT2D eigenvalue weighted by atomic mass is 10.1. The molecular formula is C14H17NO2. The fraction of sp³-hybridized carbons (Fsp3) is 0.500. The molecule has 0 radical (unpaired) electrons. The van der Waals surface area contributed by atoms with Gasteiger partial charge in [0.15, 0.2) is 5.60 Å². The third-order valence-electron chi connectivity index (χ3n) is 3.15. The molecule has 1 fully saturated rings. The second-order valence-electron chi connectivity index (χ2n) is 4.41. The third kappa shape index (κ3) is 3.29. The molecule has 1 aliphatic rings. The minimum absolute atomic E-state index is 0.197. The Morgan fingerprint density at radius 1 is 1.18 bits per heavy atom. The lowest BCUT2D eigenvalue weighted by Crippen LogP contribution is -2.27. The Bertz CT molecular complexity index is 377. The highest BCUT2D eigenvalue weighted by Gasteiger charge is 2.34. The predicted molar refractivity (Wildman–Crippen MR) is 64.0 cm³/mol. The minimum atomic E-state index is -0.587. The molecule has 1 aliphatic carbocycles. The van der Waals surface area contributed by atoms with E-state index in [1.54, 1.807) is 0 Å². The number of hydrogen-bond donors (Lipinski definition) is 0. The molecule has 0 aromatic heterocycles. The number of rotatable bonds is 5. The Morgan fingerprint density at radius 3 is 2.53 bits per heavy atom. The molecule has 3 nitrogen and oxygen atoms in total. The van der Waals surface area contributed by atoms with Gasteiger partial charge in [0, 0.05) is 0 Å². The highest BCUT2D eigenvalue weighted by atomic mass is 16.7. The fourth-order valence-corrected chi connectivity index (χ4v) is 2.12. The SMILES string of the molecule is N#CC1(OCOCc2ccccc2)CCCC1. The monoisotopic (exact) mass is 231 g/mol. The molecule has 0 N–H and O–H groups in total. The van der Waals surface area contributed by atoms with E-state index in [9.17, 15) is 0 Å². The molecule has 1 aromatic carbocycles. The lowest BCUT2D eigenvalue weighted by Gasteiger charge is -2.20. The molecule has 3 heteroatoms. The first-order valence-electron chi connectivity index (χ1n) is 6.02. The molecule has 0 bridgehead atoms. The quantitative estimate of drug-likeness (QED) is 0.578. The second kappa shape index (κ2) is 5.81. The summed E-state index contributed by atoms with van der Waals surface area (Å²) >= 11 is 0. The first-order valence-corrected chi connectivity index (χ1v) is 6.02. The van der Waals surface area contributed by atoms with Crippen LogP contribution in [0.3, 0.4) is 0 Å². The summed E-state index contributed by atoms with van der Waals surface area (Å²) in [5.41, 5.74) is 0.532. The fourth-order valence-electron chi connectivity index (χ4n) is 2.12. The van der Waals surface area contributed by atoms with E-state index in [1.165, 1.54) is 0 Å². The van der Waals surface area contributed by atoms with Gasteiger partial charge in [-0.3, -0.25) is 0 Å². The summed E-state index contributed by atoms with van der Waals surface area (Å²) < 4.78 is 11.0. The molecule has 0 heterocycles. The topological polar surface area (TPSA) is 42.2 Å². The Hall–Kier alpha value is -1.37. The van der Waals surface area contributed by atoms with E-state index in [1.807, 2.05) is 30.3 Å². The number of benzene rings is 1. The van der Waals surface area contributed by atoms with Gasteiger partial charge in [0.25, 0.3) is 0 Å². The van der Waals surface area contributed by atoms with E-state index >= 15 is 0 Å². The highest BCUT2D eigenvalue weighted by Crippen LogP contribution is 2.32. The standard InChI is InChI=1S/C14H17NO2/c15-11-14(8-4-5-9-14)17-12-16-10-13-6-2-1-3-7-13/h1-3,6-7H,4-5,8-10,12H2. The van der Waals surface area contributed by atoms with Gasteiger partial charge in [-0.2, -0.15) is 5.26 Å². The number of nitrogens with zero attached hydrogens (tertiary/aromatic N) is 1. The second-order valence-corrected chi connectivity index (χ2v) is 4.41. The van der Waals surface area contributed by atoms with Gasteiger partial charge in [0.2, 0.25) is 0 Å². The van der Waals surface area contributed by atoms with E-state index in [4.69, 9.17) is 14.7 Å². The molecule has 1 aromatic rings. The average Bonchev–Trinajstić information content (AvgIpc) is 2.85. The molecule has 0 atom stereocenters. The maximum absolute atomic E-state index is 9.10. The molecule has 2 rings (SSSR count). The van der Waals surface area contributed by atoms with Crippen LogP contribution in [0.2, 0.25) is 0 Å². The summed E-state index contributed by atoms with van der Waals surface area (Å²) in [6.07, 6.45) is 3.81. The molecule has 0 spiro atoms. The summed E-state index contributed by atoms with van der Waals surface area (Å²) in [4.78, 5) is 0. The Kier molecular flexibility index (Phi) is 4.13. The summed E-state index contributed by atoms with van der Waals surface area (Å²) in [5, 5.41) is 9.10. The molecule has 0 unspecified atom stereocenters. The minimum Gasteiger partial charge on any atom is -0.351 e. The molecular weight excluding hydrogens is 214 g/mol. The van der Waals surface area contributed by atoms with Crippen molar-refractivity contribution in [3.05, 3.63) is 35.9 Å². The first kappa shape index (κ1) is 12.1. The smallest absolute Gasteiger partial charge is 0.157 e. The average molecular weight is 231 g/mol. The van der Waals surface area contributed by atoms with E-state index in [2.05, 4.69) is 6.07 Å². The van der Waals surface area contributed by atoms with E-state index < -0.39 is 5.60 Å². The van der Waals surface area contributed by atoms with Gasteiger partial charge >= 0.3 is 0 Å². The molecule has 90 valence electrons. The third-order valence-corrected chi connectivity index (χ3v) is 3.15. The van der Waals surface area contributed by atoms with Gasteiger partial charge in [-0.15, -0.1) is 0 Å². The highest BCUT2D eigenvalue weighted by molar-refractivity contribution is 5.13. The van der Waals surface area contributed by atoms with Gasteiger partial charge in [-0.25, -0.2) is 0 Å². The van der Waals surface area contributed by atoms with E-state index in [0.717, 1.165) is 31.2 Å². The van der Waals surface area contributed by atoms with Crippen LogP contribution >= 0.6 is 0 Å². The zero-order valence-electron chi connectivity index (χ0n) is 9.89. The Labute approximate surface area is 102 Å². The summed E-state index contributed by atoms with van der Waals surface area (Å²) in [5.74, 6) is 0. The maximum Gasteiger partial charge on any atom is 0.157 e. The normalized spacial score (nSPS) is 17.8. The van der Waals surface area contributed by atoms with Crippen LogP contribution in [0.5, 0.6) is 0 Å². The summed E-state index contributed by atoms with van der Waals surface area (Å²) in [6.45, 7) is 0.727. The first-order chi connectivity index (χ1) is 8.35. The van der Waals surface area contributed by atoms with Gasteiger partial charge in [0.05, 0.1) is 12.7 Å². The molecule has 0 amide bonds. The van der Waals surface area contributed by atoms with Crippen LogP contribution in [0, 0.1) is 11.3 Å².